The first-order valence-corrected chi connectivity index (χ1v) is 10.9. The normalized spacial score (nSPS) is 13.2. The molecule has 0 aliphatic heterocycles. The third-order valence-corrected chi connectivity index (χ3v) is 5.85. The number of Topliss-reactive ketones (excluding diaryl/α,β-unsaturated/α-hetero) is 1. The lowest BCUT2D eigenvalue weighted by Gasteiger charge is -2.14. The van der Waals surface area contributed by atoms with Crippen LogP contribution in [0.1, 0.15) is 29.3 Å². The molecule has 2 aromatic rings. The summed E-state index contributed by atoms with van der Waals surface area (Å²) in [4.78, 5) is 12.6. The number of hydrogen-bond acceptors (Lipinski definition) is 5. The predicted molar refractivity (Wildman–Crippen MR) is 111 cm³/mol. The Bertz CT molecular complexity index is 841. The molecule has 0 heterocycles. The number of ketones is 1. The Hall–Kier alpha value is -1.70. The van der Waals surface area contributed by atoms with Gasteiger partial charge in [-0.05, 0) is 71.6 Å². The van der Waals surface area contributed by atoms with Crippen molar-refractivity contribution in [1.82, 2.24) is 5.32 Å². The highest BCUT2D eigenvalue weighted by atomic mass is 79.9. The predicted octanol–water partition coefficient (Wildman–Crippen LogP) is 3.69. The zero-order chi connectivity index (χ0) is 20.0. The summed E-state index contributed by atoms with van der Waals surface area (Å²) in [6.07, 6.45) is 3.23. The minimum absolute atomic E-state index is 0.0561. The maximum atomic E-state index is 12.4. The van der Waals surface area contributed by atoms with Gasteiger partial charge in [0.2, 0.25) is 0 Å². The zero-order valence-electron chi connectivity index (χ0n) is 15.6. The summed E-state index contributed by atoms with van der Waals surface area (Å²) in [5.41, 5.74) is 1.63. The number of phenols is 1. The smallest absolute Gasteiger partial charge is 0.176 e. The van der Waals surface area contributed by atoms with Crippen molar-refractivity contribution in [2.75, 3.05) is 19.9 Å². The molecule has 146 valence electrons. The maximum absolute atomic E-state index is 12.4. The lowest BCUT2D eigenvalue weighted by molar-refractivity contribution is 0.0987. The van der Waals surface area contributed by atoms with E-state index in [2.05, 4.69) is 21.2 Å². The first kappa shape index (κ1) is 21.6. The van der Waals surface area contributed by atoms with Gasteiger partial charge < -0.3 is 15.2 Å². The molecule has 0 radical (unpaired) electrons. The van der Waals surface area contributed by atoms with Crippen LogP contribution in [0.3, 0.4) is 0 Å². The van der Waals surface area contributed by atoms with Crippen LogP contribution in [0.25, 0.3) is 0 Å². The van der Waals surface area contributed by atoms with Crippen LogP contribution in [0.5, 0.6) is 11.5 Å². The van der Waals surface area contributed by atoms with Gasteiger partial charge in [0, 0.05) is 17.9 Å². The van der Waals surface area contributed by atoms with E-state index < -0.39 is 10.8 Å². The average Bonchev–Trinajstić information content (AvgIpc) is 2.64. The molecule has 0 saturated heterocycles. The molecule has 0 spiro atoms. The summed E-state index contributed by atoms with van der Waals surface area (Å²) < 4.78 is 17.8. The Labute approximate surface area is 170 Å². The molecular formula is C20H24BrNO4S. The van der Waals surface area contributed by atoms with Crippen LogP contribution < -0.4 is 10.1 Å². The van der Waals surface area contributed by atoms with Crippen molar-refractivity contribution in [2.45, 2.75) is 30.7 Å². The molecular weight excluding hydrogens is 430 g/mol. The van der Waals surface area contributed by atoms with E-state index in [0.717, 1.165) is 23.1 Å². The van der Waals surface area contributed by atoms with Crippen LogP contribution in [-0.4, -0.2) is 41.1 Å². The summed E-state index contributed by atoms with van der Waals surface area (Å²) in [5.74, 6) is 0.650. The monoisotopic (exact) mass is 453 g/mol. The number of carbonyl (C=O) groups excluding carboxylic acids is 1. The van der Waals surface area contributed by atoms with Gasteiger partial charge in [0.05, 0.1) is 33.8 Å². The number of rotatable bonds is 9. The van der Waals surface area contributed by atoms with Gasteiger partial charge in [-0.15, -0.1) is 0 Å². The van der Waals surface area contributed by atoms with E-state index in [1.54, 1.807) is 13.2 Å². The van der Waals surface area contributed by atoms with Crippen molar-refractivity contribution in [1.29, 1.82) is 0 Å². The van der Waals surface area contributed by atoms with Gasteiger partial charge in [-0.3, -0.25) is 9.00 Å². The van der Waals surface area contributed by atoms with E-state index >= 15 is 0 Å². The van der Waals surface area contributed by atoms with Crippen LogP contribution >= 0.6 is 15.9 Å². The zero-order valence-corrected chi connectivity index (χ0v) is 18.0. The highest BCUT2D eigenvalue weighted by Crippen LogP contribution is 2.26. The second kappa shape index (κ2) is 10.0. The van der Waals surface area contributed by atoms with Gasteiger partial charge in [0.15, 0.2) is 5.78 Å². The van der Waals surface area contributed by atoms with Crippen molar-refractivity contribution in [3.8, 4) is 11.5 Å². The van der Waals surface area contributed by atoms with Crippen molar-refractivity contribution in [3.63, 3.8) is 0 Å². The third kappa shape index (κ3) is 6.16. The van der Waals surface area contributed by atoms with Gasteiger partial charge in [0.1, 0.15) is 11.5 Å². The summed E-state index contributed by atoms with van der Waals surface area (Å²) in [7, 11) is 0.293. The van der Waals surface area contributed by atoms with E-state index in [-0.39, 0.29) is 29.0 Å². The SMILES string of the molecule is COc1ccc(CCC(C)NCC(=O)c2ccc(O)c(S(C)=O)c2)cc1Br. The fourth-order valence-corrected chi connectivity index (χ4v) is 3.88. The third-order valence-electron chi connectivity index (χ3n) is 4.28. The van der Waals surface area contributed by atoms with E-state index in [9.17, 15) is 14.1 Å². The number of nitrogens with one attached hydrogen (secondary N) is 1. The standard InChI is InChI=1S/C20H24BrNO4S/c1-13(4-5-14-6-9-19(26-2)16(21)10-14)22-12-18(24)15-7-8-17(23)20(11-15)27(3)25/h6-11,13,22-23H,4-5,12H2,1-3H3. The number of aromatic hydroxyl groups is 1. The summed E-state index contributed by atoms with van der Waals surface area (Å²) >= 11 is 3.49. The highest BCUT2D eigenvalue weighted by molar-refractivity contribution is 9.10. The Balaban J connectivity index is 1.87. The summed E-state index contributed by atoms with van der Waals surface area (Å²) in [6.45, 7) is 2.23. The Kier molecular flexibility index (Phi) is 8.01. The fraction of sp³-hybridized carbons (Fsp3) is 0.350. The van der Waals surface area contributed by atoms with Gasteiger partial charge in [-0.2, -0.15) is 0 Å². The molecule has 2 unspecified atom stereocenters. The number of benzene rings is 2. The van der Waals surface area contributed by atoms with E-state index in [1.165, 1.54) is 24.0 Å². The van der Waals surface area contributed by atoms with Crippen LogP contribution in [0, 0.1) is 0 Å². The number of halogens is 1. The van der Waals surface area contributed by atoms with Crippen molar-refractivity contribution in [3.05, 3.63) is 52.0 Å². The molecule has 2 aromatic carbocycles. The lowest BCUT2D eigenvalue weighted by atomic mass is 10.1. The van der Waals surface area contributed by atoms with Crippen molar-refractivity contribution < 1.29 is 18.8 Å². The first-order chi connectivity index (χ1) is 12.8. The van der Waals surface area contributed by atoms with E-state index in [4.69, 9.17) is 4.74 Å². The molecule has 0 amide bonds. The number of methoxy groups -OCH3 is 1. The summed E-state index contributed by atoms with van der Waals surface area (Å²) in [5, 5.41) is 12.9. The van der Waals surface area contributed by atoms with Crippen LogP contribution in [0.4, 0.5) is 0 Å². The van der Waals surface area contributed by atoms with Gasteiger partial charge in [0.25, 0.3) is 0 Å². The Morgan fingerprint density at radius 2 is 2.04 bits per heavy atom. The molecule has 0 saturated carbocycles. The lowest BCUT2D eigenvalue weighted by Crippen LogP contribution is -2.31. The van der Waals surface area contributed by atoms with E-state index in [0.29, 0.717) is 5.56 Å². The quantitative estimate of drug-likeness (QED) is 0.566. The highest BCUT2D eigenvalue weighted by Gasteiger charge is 2.13. The number of hydrogen-bond donors (Lipinski definition) is 2. The average molecular weight is 454 g/mol. The maximum Gasteiger partial charge on any atom is 0.176 e. The topological polar surface area (TPSA) is 75.6 Å². The van der Waals surface area contributed by atoms with Gasteiger partial charge >= 0.3 is 0 Å². The number of ether oxygens (including phenoxy) is 1. The van der Waals surface area contributed by atoms with E-state index in [1.807, 2.05) is 25.1 Å². The molecule has 27 heavy (non-hydrogen) atoms. The second-order valence-corrected chi connectivity index (χ2v) is 8.55. The minimum atomic E-state index is -1.34. The minimum Gasteiger partial charge on any atom is -0.507 e. The summed E-state index contributed by atoms with van der Waals surface area (Å²) in [6, 6.07) is 10.6. The number of aryl methyl sites for hydroxylation is 1. The van der Waals surface area contributed by atoms with Crippen molar-refractivity contribution in [2.24, 2.45) is 0 Å². The first-order valence-electron chi connectivity index (χ1n) is 8.57. The Morgan fingerprint density at radius 1 is 1.30 bits per heavy atom. The molecule has 2 N–H and O–H groups in total. The van der Waals surface area contributed by atoms with Gasteiger partial charge in [-0.25, -0.2) is 0 Å². The molecule has 7 heteroatoms. The molecule has 0 bridgehead atoms. The largest absolute Gasteiger partial charge is 0.507 e. The Morgan fingerprint density at radius 3 is 2.67 bits per heavy atom. The number of carbonyl (C=O) groups is 1. The molecule has 0 aliphatic carbocycles. The fourth-order valence-electron chi connectivity index (χ4n) is 2.64. The van der Waals surface area contributed by atoms with Crippen LogP contribution in [0.15, 0.2) is 45.8 Å². The van der Waals surface area contributed by atoms with Gasteiger partial charge in [-0.1, -0.05) is 6.07 Å². The number of phenolic OH excluding ortho intramolecular Hbond substituents is 1. The molecule has 2 atom stereocenters. The molecule has 0 aliphatic rings. The molecule has 5 nitrogen and oxygen atoms in total. The van der Waals surface area contributed by atoms with Crippen LogP contribution in [-0.2, 0) is 17.2 Å². The second-order valence-electron chi connectivity index (χ2n) is 6.35. The molecule has 0 aromatic heterocycles. The van der Waals surface area contributed by atoms with Crippen LogP contribution in [0.2, 0.25) is 0 Å². The molecule has 0 fully saturated rings. The molecule has 2 rings (SSSR count). The van der Waals surface area contributed by atoms with Crippen molar-refractivity contribution >= 4 is 32.5 Å².